The van der Waals surface area contributed by atoms with Crippen LogP contribution < -0.4 is 0 Å². The predicted octanol–water partition coefficient (Wildman–Crippen LogP) is 4.69. The van der Waals surface area contributed by atoms with Gasteiger partial charge in [0.1, 0.15) is 11.4 Å². The average molecular weight is 300 g/mol. The molecular formula is C20H16N2O. The van der Waals surface area contributed by atoms with E-state index in [1.54, 1.807) is 0 Å². The zero-order valence-electron chi connectivity index (χ0n) is 12.5. The van der Waals surface area contributed by atoms with E-state index in [2.05, 4.69) is 5.16 Å². The Bertz CT molecular complexity index is 810. The summed E-state index contributed by atoms with van der Waals surface area (Å²) in [6.45, 7) is 0. The zero-order valence-corrected chi connectivity index (χ0v) is 12.5. The lowest BCUT2D eigenvalue weighted by molar-refractivity contribution is 0.320. The van der Waals surface area contributed by atoms with Crippen LogP contribution in [0.15, 0.2) is 101 Å². The maximum Gasteiger partial charge on any atom is 0.136 e. The lowest BCUT2D eigenvalue weighted by atomic mass is 9.99. The summed E-state index contributed by atoms with van der Waals surface area (Å²) in [6.07, 6.45) is 0. The average Bonchev–Trinajstić information content (AvgIpc) is 2.64. The molecule has 3 nitrogen and oxygen atoms in total. The fourth-order valence-electron chi connectivity index (χ4n) is 2.32. The maximum atomic E-state index is 9.60. The Balaban J connectivity index is 2.14. The molecule has 112 valence electrons. The fourth-order valence-corrected chi connectivity index (χ4v) is 2.32. The van der Waals surface area contributed by atoms with Gasteiger partial charge in [0, 0.05) is 11.1 Å². The number of nitrogens with zero attached hydrogens (tertiary/aromatic N) is 2. The van der Waals surface area contributed by atoms with Crippen LogP contribution in [0.5, 0.6) is 0 Å². The van der Waals surface area contributed by atoms with E-state index in [0.29, 0.717) is 11.4 Å². The molecule has 0 bridgehead atoms. The van der Waals surface area contributed by atoms with Crippen LogP contribution in [0.3, 0.4) is 0 Å². The fraction of sp³-hybridized carbons (Fsp3) is 0. The first-order valence-corrected chi connectivity index (χ1v) is 7.35. The van der Waals surface area contributed by atoms with Crippen LogP contribution in [0, 0.1) is 0 Å². The Kier molecular flexibility index (Phi) is 4.60. The van der Waals surface area contributed by atoms with Crippen molar-refractivity contribution in [2.75, 3.05) is 0 Å². The Morgan fingerprint density at radius 2 is 1.00 bits per heavy atom. The number of hydrogen-bond acceptors (Lipinski definition) is 3. The second kappa shape index (κ2) is 7.18. The van der Waals surface area contributed by atoms with Gasteiger partial charge in [-0.15, -0.1) is 0 Å². The van der Waals surface area contributed by atoms with Crippen LogP contribution in [0.4, 0.5) is 5.69 Å². The summed E-state index contributed by atoms with van der Waals surface area (Å²) in [4.78, 5) is 4.70. The first kappa shape index (κ1) is 14.7. The Morgan fingerprint density at radius 1 is 0.565 bits per heavy atom. The van der Waals surface area contributed by atoms with Gasteiger partial charge in [-0.2, -0.15) is 0 Å². The molecule has 0 aliphatic heterocycles. The molecule has 23 heavy (non-hydrogen) atoms. The Labute approximate surface area is 135 Å². The van der Waals surface area contributed by atoms with Gasteiger partial charge in [0.25, 0.3) is 0 Å². The van der Waals surface area contributed by atoms with E-state index in [1.165, 1.54) is 0 Å². The van der Waals surface area contributed by atoms with Crippen molar-refractivity contribution in [3.05, 3.63) is 102 Å². The maximum absolute atomic E-state index is 9.60. The molecule has 0 atom stereocenters. The standard InChI is InChI=1S/C20H16N2O/c23-22-20(17-12-6-2-7-13-17)19(16-10-4-1-5-11-16)21-18-14-8-3-9-15-18/h1-15,23H/b21-19+,22-20+. The summed E-state index contributed by atoms with van der Waals surface area (Å²) in [5.74, 6) is 0. The molecule has 0 amide bonds. The van der Waals surface area contributed by atoms with Gasteiger partial charge in [0.05, 0.1) is 5.69 Å². The zero-order chi connectivity index (χ0) is 15.9. The summed E-state index contributed by atoms with van der Waals surface area (Å²) in [5.41, 5.74) is 3.59. The highest BCUT2D eigenvalue weighted by Crippen LogP contribution is 2.16. The minimum Gasteiger partial charge on any atom is -0.410 e. The van der Waals surface area contributed by atoms with Crippen molar-refractivity contribution in [2.24, 2.45) is 10.1 Å². The van der Waals surface area contributed by atoms with Crippen LogP contribution in [0.1, 0.15) is 11.1 Å². The smallest absolute Gasteiger partial charge is 0.136 e. The summed E-state index contributed by atoms with van der Waals surface area (Å²) >= 11 is 0. The molecule has 0 aromatic heterocycles. The molecule has 0 saturated carbocycles. The number of hydrogen-bond donors (Lipinski definition) is 1. The van der Waals surface area contributed by atoms with E-state index in [1.807, 2.05) is 91.0 Å². The van der Waals surface area contributed by atoms with Crippen molar-refractivity contribution < 1.29 is 5.21 Å². The number of aliphatic imine (C=N–C) groups is 1. The van der Waals surface area contributed by atoms with E-state index in [-0.39, 0.29) is 0 Å². The van der Waals surface area contributed by atoms with Gasteiger partial charge in [-0.1, -0.05) is 84.0 Å². The number of rotatable bonds is 4. The van der Waals surface area contributed by atoms with Crippen molar-refractivity contribution >= 4 is 17.1 Å². The van der Waals surface area contributed by atoms with Crippen LogP contribution in [0.2, 0.25) is 0 Å². The van der Waals surface area contributed by atoms with E-state index in [0.717, 1.165) is 16.8 Å². The predicted molar refractivity (Wildman–Crippen MR) is 93.8 cm³/mol. The molecule has 3 aromatic rings. The molecule has 3 aromatic carbocycles. The van der Waals surface area contributed by atoms with Crippen LogP contribution in [0.25, 0.3) is 0 Å². The third kappa shape index (κ3) is 3.52. The minimum atomic E-state index is 0.445. The minimum absolute atomic E-state index is 0.445. The molecule has 0 unspecified atom stereocenters. The summed E-state index contributed by atoms with van der Waals surface area (Å²) in [6, 6.07) is 28.9. The molecule has 0 aliphatic carbocycles. The number of para-hydroxylation sites is 1. The highest BCUT2D eigenvalue weighted by Gasteiger charge is 2.15. The van der Waals surface area contributed by atoms with Crippen LogP contribution in [-0.4, -0.2) is 16.6 Å². The van der Waals surface area contributed by atoms with E-state index in [9.17, 15) is 5.21 Å². The highest BCUT2D eigenvalue weighted by atomic mass is 16.4. The molecule has 0 aliphatic rings. The number of oxime groups is 1. The Morgan fingerprint density at radius 3 is 1.48 bits per heavy atom. The van der Waals surface area contributed by atoms with Gasteiger partial charge in [-0.05, 0) is 12.1 Å². The second-order valence-corrected chi connectivity index (χ2v) is 4.98. The summed E-state index contributed by atoms with van der Waals surface area (Å²) < 4.78 is 0. The third-order valence-electron chi connectivity index (χ3n) is 3.42. The normalized spacial score (nSPS) is 12.2. The molecular weight excluding hydrogens is 284 g/mol. The largest absolute Gasteiger partial charge is 0.410 e. The first-order chi connectivity index (χ1) is 11.4. The topological polar surface area (TPSA) is 45.0 Å². The second-order valence-electron chi connectivity index (χ2n) is 4.98. The molecule has 1 N–H and O–H groups in total. The molecule has 0 heterocycles. The summed E-state index contributed by atoms with van der Waals surface area (Å²) in [5, 5.41) is 13.1. The SMILES string of the molecule is O/N=C(/C(=N/c1ccccc1)c1ccccc1)c1ccccc1. The lowest BCUT2D eigenvalue weighted by Gasteiger charge is -2.09. The van der Waals surface area contributed by atoms with Gasteiger partial charge < -0.3 is 5.21 Å². The van der Waals surface area contributed by atoms with Gasteiger partial charge in [-0.25, -0.2) is 4.99 Å². The van der Waals surface area contributed by atoms with Crippen LogP contribution in [-0.2, 0) is 0 Å². The molecule has 0 radical (unpaired) electrons. The first-order valence-electron chi connectivity index (χ1n) is 7.35. The molecule has 3 rings (SSSR count). The highest BCUT2D eigenvalue weighted by molar-refractivity contribution is 6.53. The lowest BCUT2D eigenvalue weighted by Crippen LogP contribution is -2.17. The molecule has 0 saturated heterocycles. The molecule has 0 fully saturated rings. The number of benzene rings is 3. The summed E-state index contributed by atoms with van der Waals surface area (Å²) in [7, 11) is 0. The van der Waals surface area contributed by atoms with E-state index >= 15 is 0 Å². The van der Waals surface area contributed by atoms with Crippen LogP contribution >= 0.6 is 0 Å². The van der Waals surface area contributed by atoms with E-state index < -0.39 is 0 Å². The Hall–Kier alpha value is -3.20. The molecule has 0 spiro atoms. The van der Waals surface area contributed by atoms with Crippen molar-refractivity contribution in [1.29, 1.82) is 0 Å². The van der Waals surface area contributed by atoms with E-state index in [4.69, 9.17) is 4.99 Å². The quantitative estimate of drug-likeness (QED) is 0.424. The van der Waals surface area contributed by atoms with Gasteiger partial charge in [-0.3, -0.25) is 0 Å². The van der Waals surface area contributed by atoms with Crippen molar-refractivity contribution in [1.82, 2.24) is 0 Å². The van der Waals surface area contributed by atoms with Gasteiger partial charge in [0.15, 0.2) is 0 Å². The third-order valence-corrected chi connectivity index (χ3v) is 3.42. The van der Waals surface area contributed by atoms with Crippen molar-refractivity contribution in [3.63, 3.8) is 0 Å². The van der Waals surface area contributed by atoms with Crippen molar-refractivity contribution in [3.8, 4) is 0 Å². The van der Waals surface area contributed by atoms with Crippen molar-refractivity contribution in [2.45, 2.75) is 0 Å². The molecule has 3 heteroatoms. The monoisotopic (exact) mass is 300 g/mol. The van der Waals surface area contributed by atoms with Gasteiger partial charge in [0.2, 0.25) is 0 Å². The van der Waals surface area contributed by atoms with Gasteiger partial charge >= 0.3 is 0 Å².